The Kier molecular flexibility index (Phi) is 5.37. The molecule has 1 heterocycles. The molecule has 5 fully saturated rings. The average Bonchev–Trinajstić information content (AvgIpc) is 3.01. The van der Waals surface area contributed by atoms with Crippen molar-refractivity contribution >= 4 is 17.9 Å². The fourth-order valence-electron chi connectivity index (χ4n) is 5.99. The molecule has 1 aliphatic heterocycles. The van der Waals surface area contributed by atoms with E-state index in [1.54, 1.807) is 20.8 Å². The highest BCUT2D eigenvalue weighted by atomic mass is 16.6. The zero-order chi connectivity index (χ0) is 21.7. The lowest BCUT2D eigenvalue weighted by atomic mass is 9.52. The molecule has 8 heteroatoms. The Morgan fingerprint density at radius 1 is 1.27 bits per heavy atom. The van der Waals surface area contributed by atoms with Gasteiger partial charge in [0.1, 0.15) is 11.6 Å². The van der Waals surface area contributed by atoms with Gasteiger partial charge in [0.05, 0.1) is 17.6 Å². The first-order valence-corrected chi connectivity index (χ1v) is 11.1. The second kappa shape index (κ2) is 7.48. The minimum atomic E-state index is -0.923. The zero-order valence-corrected chi connectivity index (χ0v) is 18.1. The Hall–Kier alpha value is -1.67. The van der Waals surface area contributed by atoms with Gasteiger partial charge in [-0.1, -0.05) is 0 Å². The highest BCUT2D eigenvalue weighted by Crippen LogP contribution is 2.58. The van der Waals surface area contributed by atoms with Crippen LogP contribution in [0.3, 0.4) is 0 Å². The van der Waals surface area contributed by atoms with Crippen LogP contribution in [0.1, 0.15) is 65.7 Å². The summed E-state index contributed by atoms with van der Waals surface area (Å²) in [6.45, 7) is 5.58. The minimum Gasteiger partial charge on any atom is -0.463 e. The van der Waals surface area contributed by atoms with E-state index >= 15 is 0 Å². The van der Waals surface area contributed by atoms with Crippen molar-refractivity contribution in [2.24, 2.45) is 17.3 Å². The molecular formula is C22H33NO7. The summed E-state index contributed by atoms with van der Waals surface area (Å²) in [4.78, 5) is 36.8. The van der Waals surface area contributed by atoms with E-state index in [9.17, 15) is 19.5 Å². The van der Waals surface area contributed by atoms with Crippen LogP contribution in [-0.2, 0) is 28.6 Å². The van der Waals surface area contributed by atoms with E-state index in [4.69, 9.17) is 14.2 Å². The highest BCUT2D eigenvalue weighted by Gasteiger charge is 2.59. The molecule has 8 nitrogen and oxygen atoms in total. The van der Waals surface area contributed by atoms with Crippen molar-refractivity contribution in [1.29, 1.82) is 0 Å². The topological polar surface area (TPSA) is 111 Å². The molecule has 0 aromatic heterocycles. The molecule has 1 saturated heterocycles. The number of cyclic esters (lactones) is 1. The summed E-state index contributed by atoms with van der Waals surface area (Å²) < 4.78 is 16.1. The summed E-state index contributed by atoms with van der Waals surface area (Å²) in [5.74, 6) is -0.514. The van der Waals surface area contributed by atoms with E-state index in [0.29, 0.717) is 24.7 Å². The standard InChI is InChI=1S/C22H33NO7/c1-13(23-12-20(2,3)19(26)29-16-4-5-28-18(16)25)17(24)30-22-9-14-6-15(10-22)8-21(27,7-14)11-22/h13-16,23,27H,4-12H2,1-3H3. The molecular weight excluding hydrogens is 390 g/mol. The van der Waals surface area contributed by atoms with E-state index in [1.807, 2.05) is 0 Å². The lowest BCUT2D eigenvalue weighted by Gasteiger charge is -2.59. The third kappa shape index (κ3) is 4.21. The van der Waals surface area contributed by atoms with Gasteiger partial charge < -0.3 is 24.6 Å². The van der Waals surface area contributed by atoms with Crippen molar-refractivity contribution in [1.82, 2.24) is 5.32 Å². The van der Waals surface area contributed by atoms with Gasteiger partial charge in [-0.2, -0.15) is 0 Å². The van der Waals surface area contributed by atoms with Gasteiger partial charge >= 0.3 is 17.9 Å². The first kappa shape index (κ1) is 21.6. The van der Waals surface area contributed by atoms with Crippen molar-refractivity contribution in [2.75, 3.05) is 13.2 Å². The van der Waals surface area contributed by atoms with Gasteiger partial charge in [-0.15, -0.1) is 0 Å². The van der Waals surface area contributed by atoms with Crippen LogP contribution in [0.25, 0.3) is 0 Å². The van der Waals surface area contributed by atoms with Gasteiger partial charge in [-0.25, -0.2) is 4.79 Å². The van der Waals surface area contributed by atoms with E-state index in [1.165, 1.54) is 0 Å². The number of aliphatic hydroxyl groups is 1. The predicted molar refractivity (Wildman–Crippen MR) is 105 cm³/mol. The molecule has 0 aromatic rings. The molecule has 5 aliphatic rings. The Labute approximate surface area is 177 Å². The normalized spacial score (nSPS) is 38.3. The SMILES string of the molecule is CC(NCC(C)(C)C(=O)OC1CCOC1=O)C(=O)OC12CC3CC(CC(O)(C3)C1)C2. The van der Waals surface area contributed by atoms with Gasteiger partial charge in [0, 0.05) is 19.4 Å². The summed E-state index contributed by atoms with van der Waals surface area (Å²) >= 11 is 0. The zero-order valence-electron chi connectivity index (χ0n) is 18.1. The number of rotatable bonds is 7. The van der Waals surface area contributed by atoms with Gasteiger partial charge in [-0.05, 0) is 64.7 Å². The van der Waals surface area contributed by atoms with Crippen LogP contribution in [-0.4, -0.2) is 59.5 Å². The van der Waals surface area contributed by atoms with Crippen molar-refractivity contribution < 1.29 is 33.7 Å². The first-order chi connectivity index (χ1) is 14.0. The maximum Gasteiger partial charge on any atom is 0.347 e. The molecule has 4 bridgehead atoms. The largest absolute Gasteiger partial charge is 0.463 e. The Morgan fingerprint density at radius 2 is 1.93 bits per heavy atom. The molecule has 0 spiro atoms. The van der Waals surface area contributed by atoms with Crippen LogP contribution in [0, 0.1) is 17.3 Å². The van der Waals surface area contributed by atoms with Gasteiger partial charge in [0.2, 0.25) is 6.10 Å². The van der Waals surface area contributed by atoms with Crippen molar-refractivity contribution in [2.45, 2.75) is 89.1 Å². The molecule has 30 heavy (non-hydrogen) atoms. The highest BCUT2D eigenvalue weighted by molar-refractivity contribution is 5.83. The van der Waals surface area contributed by atoms with E-state index in [0.717, 1.165) is 32.1 Å². The predicted octanol–water partition coefficient (Wildman–Crippen LogP) is 1.48. The summed E-state index contributed by atoms with van der Waals surface area (Å²) in [5.41, 5.74) is -2.16. The maximum absolute atomic E-state index is 12.8. The molecule has 4 unspecified atom stereocenters. The second-order valence-corrected chi connectivity index (χ2v) is 10.6. The maximum atomic E-state index is 12.8. The van der Waals surface area contributed by atoms with Crippen LogP contribution in [0.2, 0.25) is 0 Å². The van der Waals surface area contributed by atoms with Crippen LogP contribution in [0.5, 0.6) is 0 Å². The monoisotopic (exact) mass is 423 g/mol. The molecule has 4 aliphatic carbocycles. The molecule has 2 N–H and O–H groups in total. The second-order valence-electron chi connectivity index (χ2n) is 10.6. The number of carbonyl (C=O) groups is 3. The smallest absolute Gasteiger partial charge is 0.347 e. The van der Waals surface area contributed by atoms with Crippen molar-refractivity contribution in [3.63, 3.8) is 0 Å². The number of hydrogen-bond acceptors (Lipinski definition) is 8. The van der Waals surface area contributed by atoms with Gasteiger partial charge in [0.15, 0.2) is 0 Å². The number of ether oxygens (including phenoxy) is 3. The van der Waals surface area contributed by atoms with Crippen molar-refractivity contribution in [3.05, 3.63) is 0 Å². The van der Waals surface area contributed by atoms with Crippen LogP contribution in [0.15, 0.2) is 0 Å². The minimum absolute atomic E-state index is 0.200. The number of hydrogen-bond donors (Lipinski definition) is 2. The number of carbonyl (C=O) groups excluding carboxylic acids is 3. The molecule has 0 radical (unpaired) electrons. The summed E-state index contributed by atoms with van der Waals surface area (Å²) in [6, 6.07) is -0.601. The van der Waals surface area contributed by atoms with Crippen LogP contribution in [0.4, 0.5) is 0 Å². The van der Waals surface area contributed by atoms with Crippen LogP contribution >= 0.6 is 0 Å². The van der Waals surface area contributed by atoms with Gasteiger partial charge in [-0.3, -0.25) is 9.59 Å². The fraction of sp³-hybridized carbons (Fsp3) is 0.864. The summed E-state index contributed by atoms with van der Waals surface area (Å²) in [6.07, 6.45) is 4.48. The van der Waals surface area contributed by atoms with E-state index < -0.39 is 40.7 Å². The quantitative estimate of drug-likeness (QED) is 0.468. The Balaban J connectivity index is 1.29. The molecule has 4 atom stereocenters. The molecule has 168 valence electrons. The van der Waals surface area contributed by atoms with Gasteiger partial charge in [0.25, 0.3) is 0 Å². The molecule has 0 amide bonds. The first-order valence-electron chi connectivity index (χ1n) is 11.1. The third-order valence-electron chi connectivity index (χ3n) is 7.19. The van der Waals surface area contributed by atoms with E-state index in [2.05, 4.69) is 5.32 Å². The van der Waals surface area contributed by atoms with Crippen molar-refractivity contribution in [3.8, 4) is 0 Å². The Morgan fingerprint density at radius 3 is 2.50 bits per heavy atom. The van der Waals surface area contributed by atoms with Crippen LogP contribution < -0.4 is 5.32 Å². The number of nitrogens with one attached hydrogen (secondary N) is 1. The lowest BCUT2D eigenvalue weighted by Crippen LogP contribution is -2.61. The molecule has 4 saturated carbocycles. The van der Waals surface area contributed by atoms with E-state index in [-0.39, 0.29) is 19.1 Å². The number of esters is 3. The molecule has 5 rings (SSSR count). The lowest BCUT2D eigenvalue weighted by molar-refractivity contribution is -0.221. The average molecular weight is 424 g/mol. The summed E-state index contributed by atoms with van der Waals surface area (Å²) in [5, 5.41) is 13.9. The Bertz CT molecular complexity index is 719. The molecule has 0 aromatic carbocycles. The summed E-state index contributed by atoms with van der Waals surface area (Å²) in [7, 11) is 0. The third-order valence-corrected chi connectivity index (χ3v) is 7.19. The fourth-order valence-corrected chi connectivity index (χ4v) is 5.99.